The van der Waals surface area contributed by atoms with Crippen molar-refractivity contribution in [3.8, 4) is 5.88 Å². The quantitative estimate of drug-likeness (QED) is 0.581. The first-order valence-electron chi connectivity index (χ1n) is 8.82. The molecule has 7 heteroatoms. The molecule has 7 nitrogen and oxygen atoms in total. The maximum Gasteiger partial charge on any atom is 0.407 e. The molecule has 0 fully saturated rings. The highest BCUT2D eigenvalue weighted by molar-refractivity contribution is 5.80. The number of nitrogens with one attached hydrogen (secondary N) is 1. The molecule has 1 heterocycles. The van der Waals surface area contributed by atoms with E-state index < -0.39 is 18.3 Å². The van der Waals surface area contributed by atoms with Gasteiger partial charge >= 0.3 is 6.09 Å². The predicted molar refractivity (Wildman–Crippen MR) is 104 cm³/mol. The Morgan fingerprint density at radius 3 is 2.64 bits per heavy atom. The molecule has 1 aromatic heterocycles. The van der Waals surface area contributed by atoms with E-state index in [1.165, 1.54) is 0 Å². The molecular formula is C21H22N2O5. The summed E-state index contributed by atoms with van der Waals surface area (Å²) in [6.07, 6.45) is -3.02. The van der Waals surface area contributed by atoms with E-state index >= 15 is 0 Å². The number of pyridine rings is 1. The van der Waals surface area contributed by atoms with E-state index in [4.69, 9.17) is 9.47 Å². The highest BCUT2D eigenvalue weighted by Crippen LogP contribution is 2.23. The van der Waals surface area contributed by atoms with Crippen molar-refractivity contribution in [3.63, 3.8) is 0 Å². The van der Waals surface area contributed by atoms with Crippen molar-refractivity contribution in [1.29, 1.82) is 0 Å². The van der Waals surface area contributed by atoms with Crippen molar-refractivity contribution < 1.29 is 24.5 Å². The number of amides is 1. The van der Waals surface area contributed by atoms with E-state index in [0.29, 0.717) is 17.0 Å². The maximum absolute atomic E-state index is 11.8. The SMILES string of the molecule is COc1ccc2cc(C(O)C(O)CNC(=O)OCc3ccccc3)ccc2n1. The number of hydrogen-bond donors (Lipinski definition) is 3. The van der Waals surface area contributed by atoms with E-state index in [0.717, 1.165) is 10.9 Å². The largest absolute Gasteiger partial charge is 0.481 e. The Labute approximate surface area is 162 Å². The van der Waals surface area contributed by atoms with Crippen molar-refractivity contribution in [1.82, 2.24) is 10.3 Å². The normalized spacial score (nSPS) is 13.0. The molecule has 0 saturated heterocycles. The second-order valence-corrected chi connectivity index (χ2v) is 6.26. The van der Waals surface area contributed by atoms with Gasteiger partial charge in [0.1, 0.15) is 18.8 Å². The molecule has 3 rings (SSSR count). The van der Waals surface area contributed by atoms with Gasteiger partial charge in [-0.3, -0.25) is 0 Å². The number of hydrogen-bond acceptors (Lipinski definition) is 6. The zero-order valence-corrected chi connectivity index (χ0v) is 15.4. The molecule has 0 saturated carbocycles. The molecule has 2 aromatic carbocycles. The van der Waals surface area contributed by atoms with Crippen LogP contribution in [0.25, 0.3) is 10.9 Å². The Hall–Kier alpha value is -3.16. The highest BCUT2D eigenvalue weighted by Gasteiger charge is 2.20. The van der Waals surface area contributed by atoms with Gasteiger partial charge in [-0.15, -0.1) is 0 Å². The third-order valence-electron chi connectivity index (χ3n) is 4.27. The van der Waals surface area contributed by atoms with E-state index in [9.17, 15) is 15.0 Å². The lowest BCUT2D eigenvalue weighted by molar-refractivity contribution is 0.0185. The van der Waals surface area contributed by atoms with Crippen LogP contribution >= 0.6 is 0 Å². The first-order valence-corrected chi connectivity index (χ1v) is 8.82. The summed E-state index contributed by atoms with van der Waals surface area (Å²) in [5, 5.41) is 23.8. The third-order valence-corrected chi connectivity index (χ3v) is 4.27. The number of nitrogens with zero attached hydrogens (tertiary/aromatic N) is 1. The summed E-state index contributed by atoms with van der Waals surface area (Å²) in [6, 6.07) is 18.0. The molecule has 2 unspecified atom stereocenters. The Kier molecular flexibility index (Phi) is 6.41. The average Bonchev–Trinajstić information content (AvgIpc) is 2.75. The summed E-state index contributed by atoms with van der Waals surface area (Å²) in [5.41, 5.74) is 2.10. The van der Waals surface area contributed by atoms with Crippen LogP contribution in [-0.2, 0) is 11.3 Å². The molecule has 2 atom stereocenters. The van der Waals surface area contributed by atoms with E-state index in [2.05, 4.69) is 10.3 Å². The second-order valence-electron chi connectivity index (χ2n) is 6.26. The van der Waals surface area contributed by atoms with Crippen LogP contribution in [0.15, 0.2) is 60.7 Å². The highest BCUT2D eigenvalue weighted by atomic mass is 16.5. The predicted octanol–water partition coefficient (Wildman–Crippen LogP) is 2.56. The summed E-state index contributed by atoms with van der Waals surface area (Å²) >= 11 is 0. The van der Waals surface area contributed by atoms with Gasteiger partial charge in [-0.05, 0) is 29.3 Å². The van der Waals surface area contributed by atoms with Crippen LogP contribution in [0.3, 0.4) is 0 Å². The van der Waals surface area contributed by atoms with E-state index in [1.807, 2.05) is 36.4 Å². The van der Waals surface area contributed by atoms with Crippen LogP contribution in [0, 0.1) is 0 Å². The first-order chi connectivity index (χ1) is 13.6. The fourth-order valence-corrected chi connectivity index (χ4v) is 2.72. The molecule has 3 aromatic rings. The molecule has 0 aliphatic heterocycles. The number of methoxy groups -OCH3 is 1. The summed E-state index contributed by atoms with van der Waals surface area (Å²) in [6.45, 7) is -0.0137. The molecule has 28 heavy (non-hydrogen) atoms. The zero-order valence-electron chi connectivity index (χ0n) is 15.4. The summed E-state index contributed by atoms with van der Waals surface area (Å²) in [5.74, 6) is 0.499. The van der Waals surface area contributed by atoms with Gasteiger partial charge in [-0.25, -0.2) is 9.78 Å². The van der Waals surface area contributed by atoms with Gasteiger partial charge in [0.05, 0.1) is 12.6 Å². The number of ether oxygens (including phenoxy) is 2. The Bertz CT molecular complexity index is 932. The Morgan fingerprint density at radius 1 is 1.11 bits per heavy atom. The van der Waals surface area contributed by atoms with Gasteiger partial charge in [0.2, 0.25) is 5.88 Å². The molecule has 1 amide bonds. The average molecular weight is 382 g/mol. The van der Waals surface area contributed by atoms with Crippen LogP contribution < -0.4 is 10.1 Å². The summed E-state index contributed by atoms with van der Waals surface area (Å²) in [7, 11) is 1.54. The van der Waals surface area contributed by atoms with Gasteiger partial charge in [0.15, 0.2) is 0 Å². The smallest absolute Gasteiger partial charge is 0.407 e. The zero-order chi connectivity index (χ0) is 19.9. The van der Waals surface area contributed by atoms with Crippen LogP contribution in [0.5, 0.6) is 5.88 Å². The van der Waals surface area contributed by atoms with Gasteiger partial charge in [-0.2, -0.15) is 0 Å². The van der Waals surface area contributed by atoms with Crippen molar-refractivity contribution in [2.75, 3.05) is 13.7 Å². The number of aromatic nitrogens is 1. The fraction of sp³-hybridized carbons (Fsp3) is 0.238. The van der Waals surface area contributed by atoms with E-state index in [-0.39, 0.29) is 13.2 Å². The summed E-state index contributed by atoms with van der Waals surface area (Å²) in [4.78, 5) is 16.1. The van der Waals surface area contributed by atoms with Crippen molar-refractivity contribution in [2.24, 2.45) is 0 Å². The van der Waals surface area contributed by atoms with Crippen molar-refractivity contribution >= 4 is 17.0 Å². The topological polar surface area (TPSA) is 101 Å². The molecule has 146 valence electrons. The van der Waals surface area contributed by atoms with Gasteiger partial charge < -0.3 is 25.0 Å². The monoisotopic (exact) mass is 382 g/mol. The molecule has 3 N–H and O–H groups in total. The fourth-order valence-electron chi connectivity index (χ4n) is 2.72. The summed E-state index contributed by atoms with van der Waals surface area (Å²) < 4.78 is 10.2. The number of fused-ring (bicyclic) bond motifs is 1. The lowest BCUT2D eigenvalue weighted by Gasteiger charge is -2.19. The maximum atomic E-state index is 11.8. The lowest BCUT2D eigenvalue weighted by Crippen LogP contribution is -2.35. The molecule has 0 aliphatic rings. The minimum atomic E-state index is -1.19. The third kappa shape index (κ3) is 4.97. The first kappa shape index (κ1) is 19.6. The van der Waals surface area contributed by atoms with Crippen LogP contribution in [0.4, 0.5) is 4.79 Å². The Balaban J connectivity index is 1.54. The van der Waals surface area contributed by atoms with Crippen molar-refractivity contribution in [2.45, 2.75) is 18.8 Å². The molecular weight excluding hydrogens is 360 g/mol. The number of rotatable bonds is 7. The molecule has 0 bridgehead atoms. The Morgan fingerprint density at radius 2 is 1.89 bits per heavy atom. The molecule has 0 aliphatic carbocycles. The number of alkyl carbamates (subject to hydrolysis) is 1. The second kappa shape index (κ2) is 9.16. The number of carbonyl (C=O) groups is 1. The van der Waals surface area contributed by atoms with Crippen molar-refractivity contribution in [3.05, 3.63) is 71.8 Å². The molecule has 0 spiro atoms. The van der Waals surface area contributed by atoms with Crippen LogP contribution in [0.1, 0.15) is 17.2 Å². The van der Waals surface area contributed by atoms with Gasteiger partial charge in [0, 0.05) is 18.0 Å². The minimum absolute atomic E-state index is 0.131. The molecule has 0 radical (unpaired) electrons. The number of benzene rings is 2. The van der Waals surface area contributed by atoms with Gasteiger partial charge in [-0.1, -0.05) is 36.4 Å². The number of aliphatic hydroxyl groups excluding tert-OH is 2. The van der Waals surface area contributed by atoms with Crippen LogP contribution in [0.2, 0.25) is 0 Å². The number of aliphatic hydroxyl groups is 2. The standard InChI is InChI=1S/C21H22N2O5/c1-27-19-10-8-15-11-16(7-9-17(15)23-19)20(25)18(24)12-22-21(26)28-13-14-5-3-2-4-6-14/h2-11,18,20,24-25H,12-13H2,1H3,(H,22,26). The lowest BCUT2D eigenvalue weighted by atomic mass is 10.0. The van der Waals surface area contributed by atoms with E-state index in [1.54, 1.807) is 31.4 Å². The van der Waals surface area contributed by atoms with Gasteiger partial charge in [0.25, 0.3) is 0 Å². The minimum Gasteiger partial charge on any atom is -0.481 e. The number of carbonyl (C=O) groups excluding carboxylic acids is 1. The van der Waals surface area contributed by atoms with Crippen LogP contribution in [-0.4, -0.2) is 41.0 Å².